The highest BCUT2D eigenvalue weighted by Gasteiger charge is 2.24. The van der Waals surface area contributed by atoms with Crippen LogP contribution in [-0.2, 0) is 19.6 Å². The summed E-state index contributed by atoms with van der Waals surface area (Å²) in [7, 11) is -2.52. The van der Waals surface area contributed by atoms with Crippen LogP contribution in [-0.4, -0.2) is 27.5 Å². The maximum Gasteiger partial charge on any atom is 0.323 e. The summed E-state index contributed by atoms with van der Waals surface area (Å²) in [6.07, 6.45) is 1.79. The molecule has 0 aliphatic rings. The van der Waals surface area contributed by atoms with Gasteiger partial charge in [-0.2, -0.15) is 4.72 Å². The second kappa shape index (κ2) is 8.31. The summed E-state index contributed by atoms with van der Waals surface area (Å²) in [5.74, 6) is -0.454. The van der Waals surface area contributed by atoms with E-state index in [0.29, 0.717) is 17.0 Å². The largest absolute Gasteiger partial charge is 0.468 e. The van der Waals surface area contributed by atoms with Gasteiger partial charge in [0.05, 0.1) is 7.11 Å². The minimum absolute atomic E-state index is 0.145. The quantitative estimate of drug-likeness (QED) is 0.771. The number of carbonyl (C=O) groups is 1. The van der Waals surface area contributed by atoms with Crippen LogP contribution in [0.2, 0.25) is 5.02 Å². The van der Waals surface area contributed by atoms with Crippen molar-refractivity contribution in [1.29, 1.82) is 0 Å². The maximum absolute atomic E-state index is 12.1. The van der Waals surface area contributed by atoms with Crippen molar-refractivity contribution in [3.05, 3.63) is 40.3 Å². The molecule has 0 aliphatic heterocycles. The average molecular weight is 346 g/mol. The molecular weight excluding hydrogens is 326 g/mol. The van der Waals surface area contributed by atoms with Gasteiger partial charge >= 0.3 is 5.97 Å². The Labute approximate surface area is 136 Å². The number of esters is 1. The SMILES string of the molecule is COC(=O)C(CC(C)C)NS(=O)(=O)C=Cc1ccc(Cl)cc1. The van der Waals surface area contributed by atoms with Gasteiger partial charge in [0.15, 0.2) is 0 Å². The Balaban J connectivity index is 2.83. The topological polar surface area (TPSA) is 72.5 Å². The molecule has 122 valence electrons. The number of nitrogens with one attached hydrogen (secondary N) is 1. The van der Waals surface area contributed by atoms with E-state index in [1.807, 2.05) is 13.8 Å². The second-order valence-electron chi connectivity index (χ2n) is 5.22. The Bertz CT molecular complexity index is 623. The van der Waals surface area contributed by atoms with E-state index in [4.69, 9.17) is 11.6 Å². The Hall–Kier alpha value is -1.37. The Morgan fingerprint density at radius 2 is 1.91 bits per heavy atom. The predicted molar refractivity (Wildman–Crippen MR) is 87.8 cm³/mol. The van der Waals surface area contributed by atoms with Crippen molar-refractivity contribution >= 4 is 33.7 Å². The molecule has 0 amide bonds. The Morgan fingerprint density at radius 1 is 1.32 bits per heavy atom. The number of halogens is 1. The lowest BCUT2D eigenvalue weighted by molar-refractivity contribution is -0.143. The van der Waals surface area contributed by atoms with Gasteiger partial charge in [-0.3, -0.25) is 4.79 Å². The van der Waals surface area contributed by atoms with Crippen molar-refractivity contribution in [2.45, 2.75) is 26.3 Å². The van der Waals surface area contributed by atoms with E-state index in [2.05, 4.69) is 9.46 Å². The summed E-state index contributed by atoms with van der Waals surface area (Å²) in [5.41, 5.74) is 0.688. The first-order valence-corrected chi connectivity index (χ1v) is 8.69. The summed E-state index contributed by atoms with van der Waals surface area (Å²) in [6, 6.07) is 5.82. The van der Waals surface area contributed by atoms with Crippen molar-refractivity contribution in [2.24, 2.45) is 5.92 Å². The number of sulfonamides is 1. The minimum Gasteiger partial charge on any atom is -0.468 e. The molecule has 0 saturated heterocycles. The van der Waals surface area contributed by atoms with Crippen LogP contribution in [0.3, 0.4) is 0 Å². The molecule has 1 N–H and O–H groups in total. The van der Waals surface area contributed by atoms with Gasteiger partial charge in [-0.15, -0.1) is 0 Å². The molecule has 0 radical (unpaired) electrons. The molecule has 0 heterocycles. The summed E-state index contributed by atoms with van der Waals surface area (Å²) < 4.78 is 31.1. The highest BCUT2D eigenvalue weighted by atomic mass is 35.5. The average Bonchev–Trinajstić information content (AvgIpc) is 2.44. The van der Waals surface area contributed by atoms with Gasteiger partial charge in [0, 0.05) is 10.4 Å². The molecular formula is C15H20ClNO4S. The van der Waals surface area contributed by atoms with E-state index in [9.17, 15) is 13.2 Å². The smallest absolute Gasteiger partial charge is 0.323 e. The lowest BCUT2D eigenvalue weighted by Gasteiger charge is -2.17. The van der Waals surface area contributed by atoms with Gasteiger partial charge in [0.25, 0.3) is 0 Å². The predicted octanol–water partition coefficient (Wildman–Crippen LogP) is 2.82. The van der Waals surface area contributed by atoms with Gasteiger partial charge in [-0.05, 0) is 36.1 Å². The first-order chi connectivity index (χ1) is 10.2. The zero-order chi connectivity index (χ0) is 16.8. The van der Waals surface area contributed by atoms with Crippen molar-refractivity contribution in [3.63, 3.8) is 0 Å². The summed E-state index contributed by atoms with van der Waals surface area (Å²) in [6.45, 7) is 3.79. The van der Waals surface area contributed by atoms with Gasteiger partial charge in [0.1, 0.15) is 6.04 Å². The highest BCUT2D eigenvalue weighted by Crippen LogP contribution is 2.12. The number of benzene rings is 1. The number of carbonyl (C=O) groups excluding carboxylic acids is 1. The molecule has 1 atom stereocenters. The summed E-state index contributed by atoms with van der Waals surface area (Å²) in [4.78, 5) is 11.6. The molecule has 0 saturated carbocycles. The molecule has 0 bridgehead atoms. The van der Waals surface area contributed by atoms with E-state index in [-0.39, 0.29) is 5.92 Å². The van der Waals surface area contributed by atoms with Crippen LogP contribution >= 0.6 is 11.6 Å². The molecule has 1 aromatic carbocycles. The number of ether oxygens (including phenoxy) is 1. The number of hydrogen-bond donors (Lipinski definition) is 1. The lowest BCUT2D eigenvalue weighted by Crippen LogP contribution is -2.41. The van der Waals surface area contributed by atoms with E-state index in [1.165, 1.54) is 13.2 Å². The Kier molecular flexibility index (Phi) is 7.06. The van der Waals surface area contributed by atoms with Crippen molar-refractivity contribution in [1.82, 2.24) is 4.72 Å². The summed E-state index contributed by atoms with van der Waals surface area (Å²) >= 11 is 5.76. The van der Waals surface area contributed by atoms with Crippen molar-refractivity contribution in [3.8, 4) is 0 Å². The van der Waals surface area contributed by atoms with Gasteiger partial charge in [-0.1, -0.05) is 37.6 Å². The van der Waals surface area contributed by atoms with Gasteiger partial charge in [-0.25, -0.2) is 8.42 Å². The maximum atomic E-state index is 12.1. The highest BCUT2D eigenvalue weighted by molar-refractivity contribution is 7.92. The van der Waals surface area contributed by atoms with Crippen LogP contribution < -0.4 is 4.72 Å². The number of hydrogen-bond acceptors (Lipinski definition) is 4. The fourth-order valence-corrected chi connectivity index (χ4v) is 2.92. The second-order valence-corrected chi connectivity index (χ2v) is 7.26. The normalized spacial score (nSPS) is 13.5. The third kappa shape index (κ3) is 6.60. The molecule has 7 heteroatoms. The van der Waals surface area contributed by atoms with Crippen LogP contribution in [0.4, 0.5) is 0 Å². The molecule has 22 heavy (non-hydrogen) atoms. The van der Waals surface area contributed by atoms with Crippen LogP contribution in [0.15, 0.2) is 29.7 Å². The number of rotatable bonds is 7. The fraction of sp³-hybridized carbons (Fsp3) is 0.400. The molecule has 5 nitrogen and oxygen atoms in total. The third-order valence-electron chi connectivity index (χ3n) is 2.81. The first kappa shape index (κ1) is 18.7. The van der Waals surface area contributed by atoms with Crippen molar-refractivity contribution in [2.75, 3.05) is 7.11 Å². The molecule has 0 aliphatic carbocycles. The molecule has 0 fully saturated rings. The van der Waals surface area contributed by atoms with Crippen LogP contribution in [0, 0.1) is 5.92 Å². The lowest BCUT2D eigenvalue weighted by atomic mass is 10.1. The third-order valence-corrected chi connectivity index (χ3v) is 4.17. The molecule has 1 rings (SSSR count). The van der Waals surface area contributed by atoms with Crippen molar-refractivity contribution < 1.29 is 17.9 Å². The summed E-state index contributed by atoms with van der Waals surface area (Å²) in [5, 5.41) is 1.59. The minimum atomic E-state index is -3.75. The van der Waals surface area contributed by atoms with E-state index >= 15 is 0 Å². The van der Waals surface area contributed by atoms with Gasteiger partial charge < -0.3 is 4.74 Å². The van der Waals surface area contributed by atoms with E-state index in [1.54, 1.807) is 24.3 Å². The first-order valence-electron chi connectivity index (χ1n) is 6.77. The monoisotopic (exact) mass is 345 g/mol. The van der Waals surface area contributed by atoms with Crippen LogP contribution in [0.25, 0.3) is 6.08 Å². The van der Waals surface area contributed by atoms with Crippen LogP contribution in [0.5, 0.6) is 0 Å². The molecule has 1 aromatic rings. The van der Waals surface area contributed by atoms with E-state index in [0.717, 1.165) is 5.41 Å². The van der Waals surface area contributed by atoms with E-state index < -0.39 is 22.0 Å². The zero-order valence-corrected chi connectivity index (χ0v) is 14.3. The van der Waals surface area contributed by atoms with Crippen LogP contribution in [0.1, 0.15) is 25.8 Å². The Morgan fingerprint density at radius 3 is 2.41 bits per heavy atom. The zero-order valence-electron chi connectivity index (χ0n) is 12.7. The standard InChI is InChI=1S/C15H20ClNO4S/c1-11(2)10-14(15(18)21-3)17-22(19,20)9-8-12-4-6-13(16)7-5-12/h4-9,11,14,17H,10H2,1-3H3. The molecule has 0 aromatic heterocycles. The van der Waals surface area contributed by atoms with Gasteiger partial charge in [0.2, 0.25) is 10.0 Å². The number of methoxy groups -OCH3 is 1. The fourth-order valence-electron chi connectivity index (χ4n) is 1.79. The molecule has 1 unspecified atom stereocenters. The molecule has 0 spiro atoms.